The van der Waals surface area contributed by atoms with Crippen LogP contribution in [0.4, 0.5) is 5.69 Å². The summed E-state index contributed by atoms with van der Waals surface area (Å²) >= 11 is 3.54. The van der Waals surface area contributed by atoms with Gasteiger partial charge >= 0.3 is 0 Å². The lowest BCUT2D eigenvalue weighted by atomic mass is 9.77. The van der Waals surface area contributed by atoms with Crippen LogP contribution in [0.15, 0.2) is 71.2 Å². The smallest absolute Gasteiger partial charge is 0.256 e. The minimum atomic E-state index is -1.39. The molecular formula is C28H23BrN4O4. The van der Waals surface area contributed by atoms with E-state index >= 15 is 0 Å². The molecule has 1 spiro atoms. The maximum absolute atomic E-state index is 13.7. The summed E-state index contributed by atoms with van der Waals surface area (Å²) in [5.74, 6) is -0.401. The number of fused-ring (bicyclic) bond motifs is 4. The standard InChI is InChI=1S/C28H23BrN4O4/c29-19-11-12-24(37-16-18-7-2-1-6-17(18)15-30)20(14-19)25-23-10-5-13-32(23)28(26(25)33(35)36)21-8-3-4-9-22(21)31-27(28)34/h1-4,6-9,11-12,14,23,25-26H,5,10,13,16H2,(H,31,34)/t23-,25+,26-,28-/m0/s1. The summed E-state index contributed by atoms with van der Waals surface area (Å²) in [5, 5.41) is 25.3. The number of para-hydroxylation sites is 1. The maximum Gasteiger partial charge on any atom is 0.256 e. The number of ether oxygens (including phenoxy) is 1. The molecule has 186 valence electrons. The summed E-state index contributed by atoms with van der Waals surface area (Å²) in [6, 6.07) is 20.8. The molecule has 2 saturated heterocycles. The van der Waals surface area contributed by atoms with Gasteiger partial charge < -0.3 is 10.1 Å². The predicted molar refractivity (Wildman–Crippen MR) is 140 cm³/mol. The highest BCUT2D eigenvalue weighted by Crippen LogP contribution is 2.59. The minimum Gasteiger partial charge on any atom is -0.489 e. The van der Waals surface area contributed by atoms with Gasteiger partial charge in [0.05, 0.1) is 17.6 Å². The van der Waals surface area contributed by atoms with E-state index in [0.717, 1.165) is 22.9 Å². The SMILES string of the molecule is N#Cc1ccccc1COc1ccc(Br)cc1[C@H]1[C@H]([N+](=O)[O-])[C@@]2(C(=O)Nc3ccccc32)N2CCC[C@@H]12. The molecule has 0 radical (unpaired) electrons. The second-order valence-electron chi connectivity index (χ2n) is 9.66. The minimum absolute atomic E-state index is 0.150. The molecule has 2 fully saturated rings. The second-order valence-corrected chi connectivity index (χ2v) is 10.6. The van der Waals surface area contributed by atoms with Gasteiger partial charge in [0.1, 0.15) is 12.4 Å². The zero-order valence-electron chi connectivity index (χ0n) is 19.8. The number of nitrogens with zero attached hydrogens (tertiary/aromatic N) is 3. The first-order valence-electron chi connectivity index (χ1n) is 12.2. The van der Waals surface area contributed by atoms with Gasteiger partial charge in [-0.15, -0.1) is 0 Å². The van der Waals surface area contributed by atoms with Crippen molar-refractivity contribution in [1.82, 2.24) is 4.90 Å². The fourth-order valence-electron chi connectivity index (χ4n) is 6.57. The number of carbonyl (C=O) groups is 1. The Kier molecular flexibility index (Phi) is 5.74. The highest BCUT2D eigenvalue weighted by atomic mass is 79.9. The van der Waals surface area contributed by atoms with Gasteiger partial charge in [-0.25, -0.2) is 0 Å². The van der Waals surface area contributed by atoms with Crippen molar-refractivity contribution >= 4 is 27.5 Å². The molecule has 1 N–H and O–H groups in total. The van der Waals surface area contributed by atoms with Gasteiger partial charge in [0.25, 0.3) is 11.9 Å². The van der Waals surface area contributed by atoms with Crippen LogP contribution in [-0.4, -0.2) is 34.4 Å². The third kappa shape index (κ3) is 3.47. The second kappa shape index (κ2) is 8.98. The average Bonchev–Trinajstić information content (AvgIpc) is 3.56. The first kappa shape index (κ1) is 23.6. The molecule has 0 aromatic heterocycles. The van der Waals surface area contributed by atoms with Crippen LogP contribution in [0.25, 0.3) is 0 Å². The number of hydrogen-bond acceptors (Lipinski definition) is 6. The molecule has 3 aromatic carbocycles. The summed E-state index contributed by atoms with van der Waals surface area (Å²) in [6.45, 7) is 0.754. The number of nitrogens with one attached hydrogen (secondary N) is 1. The Morgan fingerprint density at radius 3 is 2.78 bits per heavy atom. The lowest BCUT2D eigenvalue weighted by Gasteiger charge is -2.32. The molecule has 8 nitrogen and oxygen atoms in total. The van der Waals surface area contributed by atoms with Gasteiger partial charge in [-0.3, -0.25) is 19.8 Å². The summed E-state index contributed by atoms with van der Waals surface area (Å²) in [6.07, 6.45) is 1.60. The van der Waals surface area contributed by atoms with Crippen molar-refractivity contribution in [3.8, 4) is 11.8 Å². The first-order valence-corrected chi connectivity index (χ1v) is 13.0. The lowest BCUT2D eigenvalue weighted by Crippen LogP contribution is -2.55. The number of rotatable bonds is 5. The zero-order valence-corrected chi connectivity index (χ0v) is 21.3. The van der Waals surface area contributed by atoms with Crippen molar-refractivity contribution in [1.29, 1.82) is 5.26 Å². The third-order valence-corrected chi connectivity index (χ3v) is 8.44. The lowest BCUT2D eigenvalue weighted by molar-refractivity contribution is -0.534. The van der Waals surface area contributed by atoms with Gasteiger partial charge in [0.15, 0.2) is 5.54 Å². The van der Waals surface area contributed by atoms with Crippen LogP contribution in [0.1, 0.15) is 41.0 Å². The third-order valence-electron chi connectivity index (χ3n) is 7.95. The summed E-state index contributed by atoms with van der Waals surface area (Å²) in [7, 11) is 0. The van der Waals surface area contributed by atoms with Gasteiger partial charge in [0.2, 0.25) is 0 Å². The van der Waals surface area contributed by atoms with Gasteiger partial charge in [0, 0.05) is 44.4 Å². The molecule has 3 aromatic rings. The van der Waals surface area contributed by atoms with E-state index in [1.54, 1.807) is 24.3 Å². The van der Waals surface area contributed by atoms with Crippen LogP contribution in [-0.2, 0) is 16.9 Å². The Bertz CT molecular complexity index is 1470. The first-order chi connectivity index (χ1) is 18.0. The Balaban J connectivity index is 1.48. The Morgan fingerprint density at radius 2 is 1.97 bits per heavy atom. The van der Waals surface area contributed by atoms with E-state index in [0.29, 0.717) is 34.7 Å². The van der Waals surface area contributed by atoms with Crippen molar-refractivity contribution in [2.24, 2.45) is 0 Å². The molecule has 6 rings (SSSR count). The summed E-state index contributed by atoms with van der Waals surface area (Å²) < 4.78 is 7.02. The monoisotopic (exact) mass is 558 g/mol. The number of hydrogen-bond donors (Lipinski definition) is 1. The molecule has 37 heavy (non-hydrogen) atoms. The van der Waals surface area contributed by atoms with Gasteiger partial charge in [-0.2, -0.15) is 5.26 Å². The highest BCUT2D eigenvalue weighted by molar-refractivity contribution is 9.10. The highest BCUT2D eigenvalue weighted by Gasteiger charge is 2.73. The molecule has 9 heteroatoms. The number of nitriles is 1. The van der Waals surface area contributed by atoms with Crippen LogP contribution >= 0.6 is 15.9 Å². The van der Waals surface area contributed by atoms with Crippen molar-refractivity contribution in [3.63, 3.8) is 0 Å². The fourth-order valence-corrected chi connectivity index (χ4v) is 6.95. The Labute approximate surface area is 222 Å². The van der Waals surface area contributed by atoms with Crippen LogP contribution < -0.4 is 10.1 Å². The quantitative estimate of drug-likeness (QED) is 0.350. The molecule has 0 saturated carbocycles. The van der Waals surface area contributed by atoms with Gasteiger partial charge in [-0.05, 0) is 43.2 Å². The molecule has 3 heterocycles. The Morgan fingerprint density at radius 1 is 1.19 bits per heavy atom. The molecule has 4 atom stereocenters. The number of anilines is 1. The number of nitro groups is 1. The molecule has 3 aliphatic rings. The molecule has 0 unspecified atom stereocenters. The van der Waals surface area contributed by atoms with Crippen LogP contribution in [0.2, 0.25) is 0 Å². The van der Waals surface area contributed by atoms with Crippen LogP contribution in [0.5, 0.6) is 5.75 Å². The van der Waals surface area contributed by atoms with Crippen molar-refractivity contribution in [2.45, 2.75) is 43.0 Å². The normalized spacial score (nSPS) is 25.9. The zero-order chi connectivity index (χ0) is 25.7. The van der Waals surface area contributed by atoms with Crippen LogP contribution in [0.3, 0.4) is 0 Å². The van der Waals surface area contributed by atoms with Gasteiger partial charge in [-0.1, -0.05) is 52.3 Å². The molecule has 3 aliphatic heterocycles. The van der Waals surface area contributed by atoms with E-state index in [1.165, 1.54) is 0 Å². The van der Waals surface area contributed by atoms with E-state index in [9.17, 15) is 20.2 Å². The van der Waals surface area contributed by atoms with E-state index < -0.39 is 17.5 Å². The fraction of sp³-hybridized carbons (Fsp3) is 0.286. The van der Waals surface area contributed by atoms with E-state index in [4.69, 9.17) is 4.74 Å². The van der Waals surface area contributed by atoms with Crippen molar-refractivity contribution in [3.05, 3.63) is 104 Å². The maximum atomic E-state index is 13.7. The largest absolute Gasteiger partial charge is 0.489 e. The predicted octanol–water partition coefficient (Wildman–Crippen LogP) is 4.95. The van der Waals surface area contributed by atoms with Crippen LogP contribution in [0, 0.1) is 21.4 Å². The topological polar surface area (TPSA) is 108 Å². The Hall–Kier alpha value is -3.74. The molecule has 0 bridgehead atoms. The van der Waals surface area contributed by atoms with E-state index in [1.807, 2.05) is 42.5 Å². The number of carbonyl (C=O) groups excluding carboxylic acids is 1. The summed E-state index contributed by atoms with van der Waals surface area (Å²) in [4.78, 5) is 28.4. The number of benzene rings is 3. The number of halogens is 1. The summed E-state index contributed by atoms with van der Waals surface area (Å²) in [5.41, 5.74) is 1.85. The average molecular weight is 559 g/mol. The molecule has 1 amide bonds. The molecular weight excluding hydrogens is 536 g/mol. The van der Waals surface area contributed by atoms with E-state index in [-0.39, 0.29) is 23.5 Å². The van der Waals surface area contributed by atoms with Crippen molar-refractivity contribution in [2.75, 3.05) is 11.9 Å². The van der Waals surface area contributed by atoms with E-state index in [2.05, 4.69) is 32.2 Å². The van der Waals surface area contributed by atoms with Crippen molar-refractivity contribution < 1.29 is 14.5 Å². The molecule has 0 aliphatic carbocycles. The number of amides is 1.